The van der Waals surface area contributed by atoms with Gasteiger partial charge in [0.1, 0.15) is 11.9 Å². The van der Waals surface area contributed by atoms with Gasteiger partial charge < -0.3 is 5.11 Å². The predicted octanol–water partition coefficient (Wildman–Crippen LogP) is 3.39. The molecule has 2 rings (SSSR count). The number of alkyl halides is 1. The van der Waals surface area contributed by atoms with E-state index in [1.165, 1.54) is 0 Å². The molecule has 1 saturated carbocycles. The summed E-state index contributed by atoms with van der Waals surface area (Å²) in [7, 11) is 0. The lowest BCUT2D eigenvalue weighted by molar-refractivity contribution is 0.216. The zero-order chi connectivity index (χ0) is 9.97. The normalized spacial score (nSPS) is 27.5. The summed E-state index contributed by atoms with van der Waals surface area (Å²) in [5.74, 6) is 0.296. The highest BCUT2D eigenvalue weighted by Crippen LogP contribution is 2.35. The molecule has 1 aliphatic carbocycles. The van der Waals surface area contributed by atoms with E-state index in [1.54, 1.807) is 12.1 Å². The molecule has 1 N–H and O–H groups in total. The summed E-state index contributed by atoms with van der Waals surface area (Å²) < 4.78 is 13.6. The van der Waals surface area contributed by atoms with Crippen LogP contribution in [0.4, 0.5) is 4.39 Å². The van der Waals surface area contributed by atoms with Crippen molar-refractivity contribution in [2.24, 2.45) is 0 Å². The Balaban J connectivity index is 2.16. The smallest absolute Gasteiger partial charge is 0.115 e. The van der Waals surface area contributed by atoms with E-state index in [4.69, 9.17) is 5.11 Å². The number of rotatable bonds is 1. The molecule has 0 bridgehead atoms. The van der Waals surface area contributed by atoms with Gasteiger partial charge in [-0.25, -0.2) is 4.39 Å². The number of hydrogen-bond acceptors (Lipinski definition) is 1. The SMILES string of the molecule is Oc1ccc([C@H]2CCCC[C@H]2F)cc1. The minimum Gasteiger partial charge on any atom is -0.508 e. The molecule has 1 nitrogen and oxygen atoms in total. The van der Waals surface area contributed by atoms with E-state index >= 15 is 0 Å². The van der Waals surface area contributed by atoms with Crippen LogP contribution in [0.5, 0.6) is 5.75 Å². The van der Waals surface area contributed by atoms with Crippen molar-refractivity contribution >= 4 is 0 Å². The van der Waals surface area contributed by atoms with Crippen molar-refractivity contribution < 1.29 is 9.50 Å². The minimum absolute atomic E-state index is 0.0457. The Morgan fingerprint density at radius 2 is 1.71 bits per heavy atom. The van der Waals surface area contributed by atoms with Gasteiger partial charge in [0.2, 0.25) is 0 Å². The second kappa shape index (κ2) is 3.99. The summed E-state index contributed by atoms with van der Waals surface area (Å²) in [6.07, 6.45) is 3.05. The lowest BCUT2D eigenvalue weighted by atomic mass is 9.82. The molecule has 0 aromatic heterocycles. The summed E-state index contributed by atoms with van der Waals surface area (Å²) in [5, 5.41) is 9.13. The van der Waals surface area contributed by atoms with Crippen molar-refractivity contribution in [2.75, 3.05) is 0 Å². The Morgan fingerprint density at radius 3 is 2.36 bits per heavy atom. The molecule has 0 amide bonds. The molecule has 1 aromatic rings. The van der Waals surface area contributed by atoms with Crippen LogP contribution < -0.4 is 0 Å². The van der Waals surface area contributed by atoms with Crippen LogP contribution in [0, 0.1) is 0 Å². The quantitative estimate of drug-likeness (QED) is 0.726. The monoisotopic (exact) mass is 194 g/mol. The van der Waals surface area contributed by atoms with Crippen LogP contribution in [0.3, 0.4) is 0 Å². The van der Waals surface area contributed by atoms with Gasteiger partial charge in [0, 0.05) is 5.92 Å². The second-order valence-electron chi connectivity index (χ2n) is 4.00. The Hall–Kier alpha value is -1.05. The van der Waals surface area contributed by atoms with Gasteiger partial charge in [0.25, 0.3) is 0 Å². The second-order valence-corrected chi connectivity index (χ2v) is 4.00. The van der Waals surface area contributed by atoms with E-state index < -0.39 is 6.17 Å². The molecular weight excluding hydrogens is 179 g/mol. The summed E-state index contributed by atoms with van der Waals surface area (Å²) in [4.78, 5) is 0. The summed E-state index contributed by atoms with van der Waals surface area (Å²) in [6, 6.07) is 6.93. The third-order valence-corrected chi connectivity index (χ3v) is 3.00. The standard InChI is InChI=1S/C12H15FO/c13-12-4-2-1-3-11(12)9-5-7-10(14)8-6-9/h5-8,11-12,14H,1-4H2/t11-,12-/m1/s1. The molecule has 1 fully saturated rings. The fourth-order valence-electron chi connectivity index (χ4n) is 2.18. The Kier molecular flexibility index (Phi) is 2.71. The molecule has 14 heavy (non-hydrogen) atoms. The van der Waals surface area contributed by atoms with Crippen molar-refractivity contribution in [3.05, 3.63) is 29.8 Å². The fraction of sp³-hybridized carbons (Fsp3) is 0.500. The van der Waals surface area contributed by atoms with Gasteiger partial charge in [0.05, 0.1) is 0 Å². The molecule has 0 saturated heterocycles. The van der Waals surface area contributed by atoms with Crippen molar-refractivity contribution in [1.29, 1.82) is 0 Å². The molecule has 2 heteroatoms. The van der Waals surface area contributed by atoms with E-state index in [2.05, 4.69) is 0 Å². The van der Waals surface area contributed by atoms with Gasteiger partial charge in [-0.2, -0.15) is 0 Å². The van der Waals surface area contributed by atoms with Crippen LogP contribution in [0.1, 0.15) is 37.2 Å². The first kappa shape index (κ1) is 9.50. The van der Waals surface area contributed by atoms with Gasteiger partial charge in [-0.15, -0.1) is 0 Å². The Morgan fingerprint density at radius 1 is 1.07 bits per heavy atom. The highest BCUT2D eigenvalue weighted by Gasteiger charge is 2.25. The zero-order valence-corrected chi connectivity index (χ0v) is 8.12. The summed E-state index contributed by atoms with van der Waals surface area (Å²) in [5.41, 5.74) is 1.02. The fourth-order valence-corrected chi connectivity index (χ4v) is 2.18. The largest absolute Gasteiger partial charge is 0.508 e. The third-order valence-electron chi connectivity index (χ3n) is 3.00. The summed E-state index contributed by atoms with van der Waals surface area (Å²) >= 11 is 0. The maximum atomic E-state index is 13.6. The molecule has 0 aliphatic heterocycles. The average Bonchev–Trinajstić information content (AvgIpc) is 2.20. The maximum absolute atomic E-state index is 13.6. The van der Waals surface area contributed by atoms with Crippen LogP contribution in [0.15, 0.2) is 24.3 Å². The van der Waals surface area contributed by atoms with Gasteiger partial charge >= 0.3 is 0 Å². The summed E-state index contributed by atoms with van der Waals surface area (Å²) in [6.45, 7) is 0. The van der Waals surface area contributed by atoms with Crippen molar-refractivity contribution in [1.82, 2.24) is 0 Å². The van der Waals surface area contributed by atoms with Crippen LogP contribution >= 0.6 is 0 Å². The van der Waals surface area contributed by atoms with Gasteiger partial charge in [0.15, 0.2) is 0 Å². The number of phenols is 1. The Labute approximate surface area is 83.6 Å². The molecule has 0 spiro atoms. The van der Waals surface area contributed by atoms with Crippen molar-refractivity contribution in [2.45, 2.75) is 37.8 Å². The van der Waals surface area contributed by atoms with Crippen LogP contribution in [-0.4, -0.2) is 11.3 Å². The van der Waals surface area contributed by atoms with Crippen molar-refractivity contribution in [3.8, 4) is 5.75 Å². The highest BCUT2D eigenvalue weighted by molar-refractivity contribution is 5.29. The number of phenolic OH excluding ortho intramolecular Hbond substituents is 1. The molecule has 0 radical (unpaired) electrons. The predicted molar refractivity (Wildman–Crippen MR) is 54.2 cm³/mol. The lowest BCUT2D eigenvalue weighted by Crippen LogP contribution is -2.18. The first-order valence-electron chi connectivity index (χ1n) is 5.20. The van der Waals surface area contributed by atoms with Crippen LogP contribution in [-0.2, 0) is 0 Å². The van der Waals surface area contributed by atoms with E-state index in [-0.39, 0.29) is 11.7 Å². The number of halogens is 1. The molecule has 0 heterocycles. The topological polar surface area (TPSA) is 20.2 Å². The van der Waals surface area contributed by atoms with Crippen molar-refractivity contribution in [3.63, 3.8) is 0 Å². The molecular formula is C12H15FO. The minimum atomic E-state index is -0.701. The maximum Gasteiger partial charge on any atom is 0.115 e. The molecule has 1 aliphatic rings. The van der Waals surface area contributed by atoms with Crippen LogP contribution in [0.2, 0.25) is 0 Å². The van der Waals surface area contributed by atoms with E-state index in [0.29, 0.717) is 6.42 Å². The lowest BCUT2D eigenvalue weighted by Gasteiger charge is -2.26. The number of hydrogen-bond donors (Lipinski definition) is 1. The third kappa shape index (κ3) is 1.89. The Bertz CT molecular complexity index is 294. The highest BCUT2D eigenvalue weighted by atomic mass is 19.1. The molecule has 2 atom stereocenters. The first-order valence-corrected chi connectivity index (χ1v) is 5.20. The number of aromatic hydroxyl groups is 1. The van der Waals surface area contributed by atoms with Gasteiger partial charge in [-0.1, -0.05) is 25.0 Å². The van der Waals surface area contributed by atoms with Crippen LogP contribution in [0.25, 0.3) is 0 Å². The van der Waals surface area contributed by atoms with E-state index in [9.17, 15) is 4.39 Å². The van der Waals surface area contributed by atoms with E-state index in [0.717, 1.165) is 24.8 Å². The van der Waals surface area contributed by atoms with E-state index in [1.807, 2.05) is 12.1 Å². The first-order chi connectivity index (χ1) is 6.77. The molecule has 0 unspecified atom stereocenters. The zero-order valence-electron chi connectivity index (χ0n) is 8.12. The van der Waals surface area contributed by atoms with Gasteiger partial charge in [-0.3, -0.25) is 0 Å². The molecule has 1 aromatic carbocycles. The average molecular weight is 194 g/mol. The number of benzene rings is 1. The molecule has 76 valence electrons. The van der Waals surface area contributed by atoms with Gasteiger partial charge in [-0.05, 0) is 30.5 Å².